The second kappa shape index (κ2) is 7.96. The Kier molecular flexibility index (Phi) is 5.48. The molecule has 3 rings (SSSR count). The fourth-order valence-corrected chi connectivity index (χ4v) is 3.10. The van der Waals surface area contributed by atoms with E-state index in [1.807, 2.05) is 41.8 Å². The van der Waals surface area contributed by atoms with Gasteiger partial charge in [-0.05, 0) is 35.9 Å². The normalized spacial score (nSPS) is 10.8. The third-order valence-corrected chi connectivity index (χ3v) is 4.37. The van der Waals surface area contributed by atoms with Gasteiger partial charge in [0, 0.05) is 22.0 Å². The van der Waals surface area contributed by atoms with Gasteiger partial charge in [-0.1, -0.05) is 35.9 Å². The Morgan fingerprint density at radius 2 is 2.08 bits per heavy atom. The van der Waals surface area contributed by atoms with E-state index in [9.17, 15) is 4.79 Å². The van der Waals surface area contributed by atoms with Crippen LogP contribution in [0.25, 0.3) is 17.3 Å². The summed E-state index contributed by atoms with van der Waals surface area (Å²) in [6, 6.07) is 14.9. The summed E-state index contributed by atoms with van der Waals surface area (Å²) >= 11 is 7.29. The summed E-state index contributed by atoms with van der Waals surface area (Å²) in [7, 11) is 1.62. The number of benzene rings is 2. The summed E-state index contributed by atoms with van der Waals surface area (Å²) in [6.45, 7) is 0. The average Bonchev–Trinajstić information content (AvgIpc) is 3.08. The van der Waals surface area contributed by atoms with E-state index in [1.54, 1.807) is 25.3 Å². The lowest BCUT2D eigenvalue weighted by Gasteiger charge is -2.01. The maximum absolute atomic E-state index is 12.0. The van der Waals surface area contributed by atoms with E-state index in [2.05, 4.69) is 10.3 Å². The molecule has 0 bridgehead atoms. The number of anilines is 1. The minimum absolute atomic E-state index is 0.244. The van der Waals surface area contributed by atoms with Crippen LogP contribution in [0.15, 0.2) is 60.0 Å². The Bertz CT molecular complexity index is 921. The van der Waals surface area contributed by atoms with Crippen LogP contribution in [-0.4, -0.2) is 18.0 Å². The van der Waals surface area contributed by atoms with Crippen molar-refractivity contribution in [2.75, 3.05) is 12.4 Å². The summed E-state index contributed by atoms with van der Waals surface area (Å²) in [5, 5.41) is 5.83. The van der Waals surface area contributed by atoms with Gasteiger partial charge < -0.3 is 4.74 Å². The summed E-state index contributed by atoms with van der Waals surface area (Å²) in [6.07, 6.45) is 3.16. The van der Waals surface area contributed by atoms with Crippen LogP contribution >= 0.6 is 22.9 Å². The predicted octanol–water partition coefficient (Wildman–Crippen LogP) is 5.12. The lowest BCUT2D eigenvalue weighted by molar-refractivity contribution is -0.111. The molecule has 1 N–H and O–H groups in total. The van der Waals surface area contributed by atoms with Crippen molar-refractivity contribution in [3.8, 4) is 17.0 Å². The summed E-state index contributed by atoms with van der Waals surface area (Å²) in [4.78, 5) is 16.5. The molecule has 0 unspecified atom stereocenters. The molecule has 0 atom stereocenters. The van der Waals surface area contributed by atoms with E-state index < -0.39 is 0 Å². The van der Waals surface area contributed by atoms with E-state index in [0.717, 1.165) is 22.6 Å². The third-order valence-electron chi connectivity index (χ3n) is 3.38. The fourth-order valence-electron chi connectivity index (χ4n) is 2.18. The maximum Gasteiger partial charge on any atom is 0.250 e. The highest BCUT2D eigenvalue weighted by Gasteiger charge is 2.07. The molecule has 0 saturated heterocycles. The number of thiazole rings is 1. The molecule has 126 valence electrons. The first kappa shape index (κ1) is 17.2. The smallest absolute Gasteiger partial charge is 0.250 e. The molecule has 0 spiro atoms. The van der Waals surface area contributed by atoms with Crippen molar-refractivity contribution in [3.05, 3.63) is 70.6 Å². The van der Waals surface area contributed by atoms with Crippen molar-refractivity contribution >= 4 is 40.1 Å². The van der Waals surface area contributed by atoms with Gasteiger partial charge in [0.05, 0.1) is 12.8 Å². The highest BCUT2D eigenvalue weighted by atomic mass is 35.5. The molecule has 4 nitrogen and oxygen atoms in total. The fraction of sp³-hybridized carbons (Fsp3) is 0.0526. The van der Waals surface area contributed by atoms with Gasteiger partial charge in [0.2, 0.25) is 5.91 Å². The van der Waals surface area contributed by atoms with Crippen molar-refractivity contribution in [1.82, 2.24) is 4.98 Å². The van der Waals surface area contributed by atoms with E-state index in [-0.39, 0.29) is 5.91 Å². The molecule has 0 aliphatic rings. The standard InChI is InChI=1S/C19H15ClN2O2S/c1-24-16-7-3-5-14(11-16)17-12-25-19(21-17)22-18(23)9-8-13-4-2-6-15(20)10-13/h2-12H,1H3,(H,21,22,23). The SMILES string of the molecule is COc1cccc(-c2csc(NC(=O)C=Cc3cccc(Cl)c3)n2)c1. The number of amides is 1. The molecule has 0 saturated carbocycles. The van der Waals surface area contributed by atoms with E-state index >= 15 is 0 Å². The largest absolute Gasteiger partial charge is 0.497 e. The van der Waals surface area contributed by atoms with Crippen LogP contribution in [0.4, 0.5) is 5.13 Å². The monoisotopic (exact) mass is 370 g/mol. The van der Waals surface area contributed by atoms with Gasteiger partial charge in [-0.3, -0.25) is 10.1 Å². The molecule has 0 radical (unpaired) electrons. The second-order valence-electron chi connectivity index (χ2n) is 5.15. The Labute approximate surface area is 154 Å². The zero-order valence-corrected chi connectivity index (χ0v) is 15.0. The minimum atomic E-state index is -0.244. The van der Waals surface area contributed by atoms with Crippen molar-refractivity contribution in [1.29, 1.82) is 0 Å². The molecule has 1 aromatic heterocycles. The van der Waals surface area contributed by atoms with Crippen molar-refractivity contribution in [2.24, 2.45) is 0 Å². The quantitative estimate of drug-likeness (QED) is 0.634. The molecular formula is C19H15ClN2O2S. The highest BCUT2D eigenvalue weighted by Crippen LogP contribution is 2.27. The van der Waals surface area contributed by atoms with E-state index in [0.29, 0.717) is 10.2 Å². The molecule has 3 aromatic rings. The van der Waals surface area contributed by atoms with Gasteiger partial charge in [-0.2, -0.15) is 0 Å². The van der Waals surface area contributed by atoms with Crippen LogP contribution in [0.2, 0.25) is 5.02 Å². The number of aromatic nitrogens is 1. The summed E-state index contributed by atoms with van der Waals surface area (Å²) < 4.78 is 5.22. The molecule has 1 amide bonds. The number of nitrogens with zero attached hydrogens (tertiary/aromatic N) is 1. The molecule has 1 heterocycles. The minimum Gasteiger partial charge on any atom is -0.497 e. The first-order valence-corrected chi connectivity index (χ1v) is 8.74. The lowest BCUT2D eigenvalue weighted by atomic mass is 10.2. The number of carbonyl (C=O) groups excluding carboxylic acids is 1. The molecule has 0 aliphatic heterocycles. The number of halogens is 1. The first-order valence-electron chi connectivity index (χ1n) is 7.48. The number of methoxy groups -OCH3 is 1. The van der Waals surface area contributed by atoms with Crippen LogP contribution in [0, 0.1) is 0 Å². The highest BCUT2D eigenvalue weighted by molar-refractivity contribution is 7.14. The summed E-state index contributed by atoms with van der Waals surface area (Å²) in [5.74, 6) is 0.520. The van der Waals surface area contributed by atoms with Gasteiger partial charge in [-0.15, -0.1) is 11.3 Å². The van der Waals surface area contributed by atoms with Gasteiger partial charge in [-0.25, -0.2) is 4.98 Å². The Morgan fingerprint density at radius 3 is 2.88 bits per heavy atom. The Morgan fingerprint density at radius 1 is 1.24 bits per heavy atom. The summed E-state index contributed by atoms with van der Waals surface area (Å²) in [5.41, 5.74) is 2.59. The van der Waals surface area contributed by atoms with Crippen LogP contribution in [0.1, 0.15) is 5.56 Å². The molecule has 0 fully saturated rings. The second-order valence-corrected chi connectivity index (χ2v) is 6.44. The Hall–Kier alpha value is -2.63. The van der Waals surface area contributed by atoms with E-state index in [1.165, 1.54) is 17.4 Å². The van der Waals surface area contributed by atoms with Crippen LogP contribution in [0.5, 0.6) is 5.75 Å². The zero-order chi connectivity index (χ0) is 17.6. The Balaban J connectivity index is 1.67. The average molecular weight is 371 g/mol. The van der Waals surface area contributed by atoms with Crippen molar-refractivity contribution in [2.45, 2.75) is 0 Å². The molecule has 2 aromatic carbocycles. The number of nitrogens with one attached hydrogen (secondary N) is 1. The number of carbonyl (C=O) groups is 1. The van der Waals surface area contributed by atoms with Crippen LogP contribution in [0.3, 0.4) is 0 Å². The van der Waals surface area contributed by atoms with Crippen LogP contribution < -0.4 is 10.1 Å². The van der Waals surface area contributed by atoms with Gasteiger partial charge in [0.1, 0.15) is 5.75 Å². The van der Waals surface area contributed by atoms with Gasteiger partial charge in [0.15, 0.2) is 5.13 Å². The van der Waals surface area contributed by atoms with Crippen LogP contribution in [-0.2, 0) is 4.79 Å². The molecular weight excluding hydrogens is 356 g/mol. The lowest BCUT2D eigenvalue weighted by Crippen LogP contribution is -2.07. The van der Waals surface area contributed by atoms with Gasteiger partial charge in [0.25, 0.3) is 0 Å². The molecule has 6 heteroatoms. The molecule has 0 aliphatic carbocycles. The molecule has 25 heavy (non-hydrogen) atoms. The number of hydrogen-bond donors (Lipinski definition) is 1. The topological polar surface area (TPSA) is 51.2 Å². The number of ether oxygens (including phenoxy) is 1. The van der Waals surface area contributed by atoms with E-state index in [4.69, 9.17) is 16.3 Å². The zero-order valence-electron chi connectivity index (χ0n) is 13.4. The third kappa shape index (κ3) is 4.68. The van der Waals surface area contributed by atoms with Crippen molar-refractivity contribution < 1.29 is 9.53 Å². The first-order chi connectivity index (χ1) is 12.1. The number of hydrogen-bond acceptors (Lipinski definition) is 4. The number of rotatable bonds is 5. The maximum atomic E-state index is 12.0. The van der Waals surface area contributed by atoms with Gasteiger partial charge >= 0.3 is 0 Å². The van der Waals surface area contributed by atoms with Crippen molar-refractivity contribution in [3.63, 3.8) is 0 Å². The predicted molar refractivity (Wildman–Crippen MR) is 103 cm³/mol.